The molecule has 0 heterocycles. The monoisotopic (exact) mass is 224 g/mol. The van der Waals surface area contributed by atoms with Crippen molar-refractivity contribution in [3.05, 3.63) is 0 Å². The van der Waals surface area contributed by atoms with Gasteiger partial charge in [-0.2, -0.15) is 0 Å². The molecule has 0 radical (unpaired) electrons. The predicted molar refractivity (Wildman–Crippen MR) is 69.3 cm³/mol. The van der Waals surface area contributed by atoms with Crippen molar-refractivity contribution >= 4 is 0 Å². The number of rotatable bonds is 4. The molecule has 2 N–H and O–H groups in total. The molecular weight excluding hydrogens is 196 g/mol. The van der Waals surface area contributed by atoms with E-state index >= 15 is 0 Å². The van der Waals surface area contributed by atoms with Crippen LogP contribution in [0.3, 0.4) is 0 Å². The molecule has 0 aromatic carbocycles. The molecule has 16 heavy (non-hydrogen) atoms. The van der Waals surface area contributed by atoms with E-state index in [2.05, 4.69) is 25.8 Å². The first-order chi connectivity index (χ1) is 7.58. The van der Waals surface area contributed by atoms with E-state index < -0.39 is 0 Å². The fourth-order valence-electron chi connectivity index (χ4n) is 3.16. The molecule has 0 bridgehead atoms. The minimum Gasteiger partial charge on any atom is -0.326 e. The summed E-state index contributed by atoms with van der Waals surface area (Å²) in [6, 6.07) is 1.06. The Kier molecular flexibility index (Phi) is 3.91. The fraction of sp³-hybridized carbons (Fsp3) is 1.00. The molecule has 0 saturated heterocycles. The zero-order valence-corrected chi connectivity index (χ0v) is 11.2. The molecule has 2 heteroatoms. The van der Waals surface area contributed by atoms with Crippen molar-refractivity contribution in [3.8, 4) is 0 Å². The number of hydrogen-bond acceptors (Lipinski definition) is 2. The van der Waals surface area contributed by atoms with Crippen LogP contribution in [0.25, 0.3) is 0 Å². The zero-order valence-electron chi connectivity index (χ0n) is 11.2. The van der Waals surface area contributed by atoms with E-state index in [1.54, 1.807) is 0 Å². The third-order valence-corrected chi connectivity index (χ3v) is 4.66. The second-order valence-corrected chi connectivity index (χ2v) is 6.43. The minimum atomic E-state index is 0.416. The van der Waals surface area contributed by atoms with Crippen LogP contribution in [0.5, 0.6) is 0 Å². The molecule has 0 aliphatic heterocycles. The molecule has 0 aromatic heterocycles. The van der Waals surface area contributed by atoms with Gasteiger partial charge in [0.2, 0.25) is 0 Å². The smallest absolute Gasteiger partial charge is 0.0247 e. The summed E-state index contributed by atoms with van der Waals surface area (Å²) in [5.74, 6) is 2.70. The van der Waals surface area contributed by atoms with Crippen LogP contribution in [0.1, 0.15) is 46.0 Å². The van der Waals surface area contributed by atoms with Crippen molar-refractivity contribution in [3.63, 3.8) is 0 Å². The SMILES string of the molecule is CC(C)C1CCC(N)C(N(C)CC2CC2)C1. The Morgan fingerprint density at radius 2 is 1.88 bits per heavy atom. The second-order valence-electron chi connectivity index (χ2n) is 6.43. The topological polar surface area (TPSA) is 29.3 Å². The van der Waals surface area contributed by atoms with E-state index in [4.69, 9.17) is 5.73 Å². The van der Waals surface area contributed by atoms with Gasteiger partial charge in [-0.15, -0.1) is 0 Å². The summed E-state index contributed by atoms with van der Waals surface area (Å²) >= 11 is 0. The van der Waals surface area contributed by atoms with Gasteiger partial charge in [0.15, 0.2) is 0 Å². The van der Waals surface area contributed by atoms with Gasteiger partial charge in [-0.05, 0) is 56.9 Å². The molecule has 2 aliphatic carbocycles. The van der Waals surface area contributed by atoms with Gasteiger partial charge in [-0.25, -0.2) is 0 Å². The summed E-state index contributed by atoms with van der Waals surface area (Å²) in [7, 11) is 2.28. The Balaban J connectivity index is 1.88. The van der Waals surface area contributed by atoms with Gasteiger partial charge in [-0.1, -0.05) is 13.8 Å². The van der Waals surface area contributed by atoms with Gasteiger partial charge >= 0.3 is 0 Å². The minimum absolute atomic E-state index is 0.416. The molecule has 2 saturated carbocycles. The van der Waals surface area contributed by atoms with Crippen molar-refractivity contribution < 1.29 is 0 Å². The first-order valence-electron chi connectivity index (χ1n) is 7.03. The van der Waals surface area contributed by atoms with Crippen LogP contribution in [0.4, 0.5) is 0 Å². The lowest BCUT2D eigenvalue weighted by atomic mass is 9.76. The Morgan fingerprint density at radius 1 is 1.19 bits per heavy atom. The molecule has 2 fully saturated rings. The van der Waals surface area contributed by atoms with E-state index in [9.17, 15) is 0 Å². The van der Waals surface area contributed by atoms with Gasteiger partial charge in [0.1, 0.15) is 0 Å². The number of hydrogen-bond donors (Lipinski definition) is 1. The summed E-state index contributed by atoms with van der Waals surface area (Å²) in [5.41, 5.74) is 6.30. The van der Waals surface area contributed by atoms with Crippen LogP contribution in [-0.4, -0.2) is 30.6 Å². The highest BCUT2D eigenvalue weighted by molar-refractivity contribution is 4.90. The average Bonchev–Trinajstić information content (AvgIpc) is 3.01. The third kappa shape index (κ3) is 2.98. The van der Waals surface area contributed by atoms with Crippen LogP contribution < -0.4 is 5.73 Å². The molecule has 0 amide bonds. The second kappa shape index (κ2) is 5.05. The van der Waals surface area contributed by atoms with Crippen LogP contribution in [-0.2, 0) is 0 Å². The van der Waals surface area contributed by atoms with Crippen LogP contribution >= 0.6 is 0 Å². The maximum Gasteiger partial charge on any atom is 0.0247 e. The van der Waals surface area contributed by atoms with Gasteiger partial charge in [0.25, 0.3) is 0 Å². The summed E-state index contributed by atoms with van der Waals surface area (Å²) in [6.45, 7) is 6.00. The molecule has 2 aliphatic rings. The first-order valence-corrected chi connectivity index (χ1v) is 7.03. The summed E-state index contributed by atoms with van der Waals surface area (Å²) in [5, 5.41) is 0. The van der Waals surface area contributed by atoms with Gasteiger partial charge < -0.3 is 10.6 Å². The van der Waals surface area contributed by atoms with E-state index in [0.29, 0.717) is 12.1 Å². The lowest BCUT2D eigenvalue weighted by Crippen LogP contribution is -2.50. The Bertz CT molecular complexity index is 223. The highest BCUT2D eigenvalue weighted by Crippen LogP contribution is 2.34. The van der Waals surface area contributed by atoms with E-state index in [1.165, 1.54) is 38.6 Å². The maximum atomic E-state index is 6.30. The standard InChI is InChI=1S/C14H28N2/c1-10(2)12-6-7-13(15)14(8-12)16(3)9-11-4-5-11/h10-14H,4-9,15H2,1-3H3. The molecule has 0 aromatic rings. The predicted octanol–water partition coefficient (Wildman–Crippen LogP) is 2.48. The summed E-state index contributed by atoms with van der Waals surface area (Å²) in [4.78, 5) is 2.55. The molecule has 3 unspecified atom stereocenters. The third-order valence-electron chi connectivity index (χ3n) is 4.66. The Morgan fingerprint density at radius 3 is 2.44 bits per heavy atom. The highest BCUT2D eigenvalue weighted by atomic mass is 15.2. The van der Waals surface area contributed by atoms with Crippen LogP contribution in [0, 0.1) is 17.8 Å². The Labute approximate surface area is 101 Å². The van der Waals surface area contributed by atoms with Crippen molar-refractivity contribution in [2.24, 2.45) is 23.5 Å². The van der Waals surface area contributed by atoms with Crippen LogP contribution in [0.15, 0.2) is 0 Å². The van der Waals surface area contributed by atoms with E-state index in [0.717, 1.165) is 17.8 Å². The largest absolute Gasteiger partial charge is 0.326 e. The van der Waals surface area contributed by atoms with Crippen molar-refractivity contribution in [1.29, 1.82) is 0 Å². The van der Waals surface area contributed by atoms with Crippen molar-refractivity contribution in [1.82, 2.24) is 4.90 Å². The number of likely N-dealkylation sites (N-methyl/N-ethyl adjacent to an activating group) is 1. The van der Waals surface area contributed by atoms with E-state index in [1.807, 2.05) is 0 Å². The number of nitrogens with zero attached hydrogens (tertiary/aromatic N) is 1. The maximum absolute atomic E-state index is 6.30. The molecule has 2 rings (SSSR count). The van der Waals surface area contributed by atoms with Crippen molar-refractivity contribution in [2.75, 3.05) is 13.6 Å². The van der Waals surface area contributed by atoms with Gasteiger partial charge in [0, 0.05) is 18.6 Å². The van der Waals surface area contributed by atoms with Crippen LogP contribution in [0.2, 0.25) is 0 Å². The van der Waals surface area contributed by atoms with Gasteiger partial charge in [0.05, 0.1) is 0 Å². The summed E-state index contributed by atoms with van der Waals surface area (Å²) in [6.07, 6.45) is 6.77. The number of nitrogens with two attached hydrogens (primary N) is 1. The fourth-order valence-corrected chi connectivity index (χ4v) is 3.16. The average molecular weight is 224 g/mol. The highest BCUT2D eigenvalue weighted by Gasteiger charge is 2.34. The molecular formula is C14H28N2. The summed E-state index contributed by atoms with van der Waals surface area (Å²) < 4.78 is 0. The Hall–Kier alpha value is -0.0800. The molecule has 0 spiro atoms. The molecule has 94 valence electrons. The van der Waals surface area contributed by atoms with Gasteiger partial charge in [-0.3, -0.25) is 0 Å². The first kappa shape index (κ1) is 12.4. The lowest BCUT2D eigenvalue weighted by Gasteiger charge is -2.41. The van der Waals surface area contributed by atoms with E-state index in [-0.39, 0.29) is 0 Å². The molecule has 3 atom stereocenters. The van der Waals surface area contributed by atoms with Crippen molar-refractivity contribution in [2.45, 2.75) is 58.0 Å². The lowest BCUT2D eigenvalue weighted by molar-refractivity contribution is 0.114. The quantitative estimate of drug-likeness (QED) is 0.795. The molecule has 2 nitrogen and oxygen atoms in total. The normalized spacial score (nSPS) is 36.0. The zero-order chi connectivity index (χ0) is 11.7.